The molecule has 0 radical (unpaired) electrons. The predicted octanol–water partition coefficient (Wildman–Crippen LogP) is -0.142. The van der Waals surface area contributed by atoms with Gasteiger partial charge in [-0.3, -0.25) is 4.79 Å². The molecule has 0 bridgehead atoms. The van der Waals surface area contributed by atoms with Gasteiger partial charge in [-0.2, -0.15) is 0 Å². The zero-order valence-electron chi connectivity index (χ0n) is 5.91. The lowest BCUT2D eigenvalue weighted by Crippen LogP contribution is -2.14. The third kappa shape index (κ3) is 5.53. The Morgan fingerprint density at radius 3 is 2.70 bits per heavy atom. The summed E-state index contributed by atoms with van der Waals surface area (Å²) < 4.78 is 4.64. The summed E-state index contributed by atoms with van der Waals surface area (Å²) in [7, 11) is 1.51. The zero-order valence-corrected chi connectivity index (χ0v) is 5.91. The second-order valence-corrected chi connectivity index (χ2v) is 2.03. The monoisotopic (exact) mass is 148 g/mol. The van der Waals surface area contributed by atoms with E-state index in [-0.39, 0.29) is 6.42 Å². The van der Waals surface area contributed by atoms with E-state index in [1.165, 1.54) is 7.11 Å². The van der Waals surface area contributed by atoms with E-state index in [1.807, 2.05) is 0 Å². The molecular formula is C6H12O4. The summed E-state index contributed by atoms with van der Waals surface area (Å²) in [5, 5.41) is 17.1. The standard InChI is InChI=1S/C6H12O4/c1-10-3-2-5(7)4-6(8)9/h5,7H,2-4H2,1H3,(H,8,9)/t5-/m1/s1. The van der Waals surface area contributed by atoms with Gasteiger partial charge in [0.15, 0.2) is 0 Å². The molecule has 0 aromatic rings. The lowest BCUT2D eigenvalue weighted by atomic mass is 10.2. The molecule has 4 nitrogen and oxygen atoms in total. The Morgan fingerprint density at radius 1 is 1.70 bits per heavy atom. The van der Waals surface area contributed by atoms with Gasteiger partial charge in [0.1, 0.15) is 0 Å². The Kier molecular flexibility index (Phi) is 4.88. The molecule has 0 aliphatic carbocycles. The molecule has 0 aliphatic rings. The molecule has 0 aliphatic heterocycles. The second kappa shape index (κ2) is 5.20. The number of carboxylic acids is 1. The van der Waals surface area contributed by atoms with E-state index >= 15 is 0 Å². The first-order valence-corrected chi connectivity index (χ1v) is 3.05. The van der Waals surface area contributed by atoms with Crippen molar-refractivity contribution in [2.24, 2.45) is 0 Å². The number of carbonyl (C=O) groups is 1. The Morgan fingerprint density at radius 2 is 2.30 bits per heavy atom. The van der Waals surface area contributed by atoms with Crippen molar-refractivity contribution in [1.29, 1.82) is 0 Å². The number of ether oxygens (including phenoxy) is 1. The van der Waals surface area contributed by atoms with Crippen molar-refractivity contribution >= 4 is 5.97 Å². The molecule has 0 unspecified atom stereocenters. The fraction of sp³-hybridized carbons (Fsp3) is 0.833. The maximum atomic E-state index is 9.97. The maximum absolute atomic E-state index is 9.97. The van der Waals surface area contributed by atoms with Gasteiger partial charge in [0.2, 0.25) is 0 Å². The van der Waals surface area contributed by atoms with Gasteiger partial charge in [0.25, 0.3) is 0 Å². The van der Waals surface area contributed by atoms with E-state index in [0.717, 1.165) is 0 Å². The molecule has 4 heteroatoms. The van der Waals surface area contributed by atoms with Crippen LogP contribution in [0.3, 0.4) is 0 Å². The van der Waals surface area contributed by atoms with Crippen LogP contribution in [0.1, 0.15) is 12.8 Å². The minimum atomic E-state index is -0.983. The van der Waals surface area contributed by atoms with E-state index in [0.29, 0.717) is 13.0 Å². The minimum absolute atomic E-state index is 0.205. The quantitative estimate of drug-likeness (QED) is 0.569. The largest absolute Gasteiger partial charge is 0.481 e. The van der Waals surface area contributed by atoms with E-state index < -0.39 is 12.1 Å². The van der Waals surface area contributed by atoms with Gasteiger partial charge in [0.05, 0.1) is 12.5 Å². The van der Waals surface area contributed by atoms with Gasteiger partial charge in [-0.25, -0.2) is 0 Å². The van der Waals surface area contributed by atoms with Gasteiger partial charge >= 0.3 is 5.97 Å². The lowest BCUT2D eigenvalue weighted by molar-refractivity contribution is -0.139. The average Bonchev–Trinajstić information content (AvgIpc) is 1.82. The van der Waals surface area contributed by atoms with E-state index in [4.69, 9.17) is 10.2 Å². The Hall–Kier alpha value is -0.610. The number of aliphatic hydroxyl groups excluding tert-OH is 1. The summed E-state index contributed by atoms with van der Waals surface area (Å²) >= 11 is 0. The summed E-state index contributed by atoms with van der Waals surface area (Å²) in [4.78, 5) is 9.97. The van der Waals surface area contributed by atoms with Crippen LogP contribution in [0.4, 0.5) is 0 Å². The topological polar surface area (TPSA) is 66.8 Å². The highest BCUT2D eigenvalue weighted by Gasteiger charge is 2.07. The molecule has 2 N–H and O–H groups in total. The molecule has 1 atom stereocenters. The third-order valence-corrected chi connectivity index (χ3v) is 1.07. The molecular weight excluding hydrogens is 136 g/mol. The number of carboxylic acid groups (broad SMARTS) is 1. The number of aliphatic hydroxyl groups is 1. The number of aliphatic carboxylic acids is 1. The number of rotatable bonds is 5. The molecule has 0 saturated heterocycles. The van der Waals surface area contributed by atoms with Gasteiger partial charge in [-0.15, -0.1) is 0 Å². The van der Waals surface area contributed by atoms with Crippen LogP contribution < -0.4 is 0 Å². The summed E-state index contributed by atoms with van der Waals surface area (Å²) in [5.41, 5.74) is 0. The molecule has 0 aromatic heterocycles. The molecule has 0 rings (SSSR count). The van der Waals surface area contributed by atoms with Gasteiger partial charge < -0.3 is 14.9 Å². The van der Waals surface area contributed by atoms with Crippen LogP contribution in [0.2, 0.25) is 0 Å². The summed E-state index contributed by atoms with van der Waals surface area (Å²) in [6.07, 6.45) is -0.607. The number of hydrogen-bond acceptors (Lipinski definition) is 3. The van der Waals surface area contributed by atoms with Crippen molar-refractivity contribution in [3.63, 3.8) is 0 Å². The highest BCUT2D eigenvalue weighted by molar-refractivity contribution is 5.67. The first-order chi connectivity index (χ1) is 4.66. The highest BCUT2D eigenvalue weighted by Crippen LogP contribution is 1.96. The SMILES string of the molecule is COCC[C@@H](O)CC(=O)O. The molecule has 0 heterocycles. The maximum Gasteiger partial charge on any atom is 0.305 e. The minimum Gasteiger partial charge on any atom is -0.481 e. The first-order valence-electron chi connectivity index (χ1n) is 3.05. The predicted molar refractivity (Wildman–Crippen MR) is 34.8 cm³/mol. The molecule has 0 amide bonds. The summed E-state index contributed by atoms with van der Waals surface area (Å²) in [5.74, 6) is -0.983. The van der Waals surface area contributed by atoms with Crippen LogP contribution in [-0.2, 0) is 9.53 Å². The Labute approximate surface area is 59.4 Å². The van der Waals surface area contributed by atoms with Crippen LogP contribution in [-0.4, -0.2) is 36.0 Å². The fourth-order valence-electron chi connectivity index (χ4n) is 0.558. The van der Waals surface area contributed by atoms with Crippen LogP contribution in [0.5, 0.6) is 0 Å². The zero-order chi connectivity index (χ0) is 7.98. The number of hydrogen-bond donors (Lipinski definition) is 2. The van der Waals surface area contributed by atoms with E-state index in [9.17, 15) is 4.79 Å². The molecule has 0 aromatic carbocycles. The average molecular weight is 148 g/mol. The van der Waals surface area contributed by atoms with Crippen molar-refractivity contribution in [3.8, 4) is 0 Å². The molecule has 10 heavy (non-hydrogen) atoms. The van der Waals surface area contributed by atoms with Crippen molar-refractivity contribution < 1.29 is 19.7 Å². The van der Waals surface area contributed by atoms with Crippen molar-refractivity contribution in [2.75, 3.05) is 13.7 Å². The van der Waals surface area contributed by atoms with Gasteiger partial charge in [0, 0.05) is 13.7 Å². The van der Waals surface area contributed by atoms with Crippen molar-refractivity contribution in [3.05, 3.63) is 0 Å². The van der Waals surface area contributed by atoms with Gasteiger partial charge in [-0.1, -0.05) is 0 Å². The van der Waals surface area contributed by atoms with Crippen LogP contribution in [0.15, 0.2) is 0 Å². The summed E-state index contributed by atoms with van der Waals surface area (Å²) in [6, 6.07) is 0. The second-order valence-electron chi connectivity index (χ2n) is 2.03. The highest BCUT2D eigenvalue weighted by atomic mass is 16.5. The van der Waals surface area contributed by atoms with Crippen LogP contribution >= 0.6 is 0 Å². The molecule has 0 fully saturated rings. The van der Waals surface area contributed by atoms with Crippen LogP contribution in [0, 0.1) is 0 Å². The van der Waals surface area contributed by atoms with Crippen molar-refractivity contribution in [2.45, 2.75) is 18.9 Å². The van der Waals surface area contributed by atoms with Gasteiger partial charge in [-0.05, 0) is 6.42 Å². The Bertz CT molecular complexity index is 102. The van der Waals surface area contributed by atoms with Crippen molar-refractivity contribution in [1.82, 2.24) is 0 Å². The molecule has 0 saturated carbocycles. The lowest BCUT2D eigenvalue weighted by Gasteiger charge is -2.05. The van der Waals surface area contributed by atoms with Crippen LogP contribution in [0.25, 0.3) is 0 Å². The van der Waals surface area contributed by atoms with E-state index in [1.54, 1.807) is 0 Å². The normalized spacial score (nSPS) is 13.0. The third-order valence-electron chi connectivity index (χ3n) is 1.07. The summed E-state index contributed by atoms with van der Waals surface area (Å²) in [6.45, 7) is 0.397. The fourth-order valence-corrected chi connectivity index (χ4v) is 0.558. The first kappa shape index (κ1) is 9.39. The number of methoxy groups -OCH3 is 1. The van der Waals surface area contributed by atoms with E-state index in [2.05, 4.69) is 4.74 Å². The molecule has 60 valence electrons. The smallest absolute Gasteiger partial charge is 0.305 e. The Balaban J connectivity index is 3.25. The molecule has 0 spiro atoms.